The summed E-state index contributed by atoms with van der Waals surface area (Å²) in [6, 6.07) is 10.1. The van der Waals surface area contributed by atoms with Gasteiger partial charge in [0.25, 0.3) is 0 Å². The Balaban J connectivity index is 1.31. The number of anilines is 4. The SMILES string of the molecule is C[C@@H]1CN(c2ccc(Nc3nccc(-c4cnc(N5CC[C@H](F)C5)c(C#N)c4)n3)cn2)CCN1. The molecule has 9 nitrogen and oxygen atoms in total. The van der Waals surface area contributed by atoms with Gasteiger partial charge in [0, 0.05) is 50.2 Å². The molecule has 0 amide bonds. The van der Waals surface area contributed by atoms with E-state index in [4.69, 9.17) is 0 Å². The molecule has 3 aromatic rings. The number of halogens is 1. The molecule has 2 fully saturated rings. The first-order chi connectivity index (χ1) is 16.6. The summed E-state index contributed by atoms with van der Waals surface area (Å²) in [4.78, 5) is 22.0. The maximum Gasteiger partial charge on any atom is 0.227 e. The minimum absolute atomic E-state index is 0.267. The zero-order valence-electron chi connectivity index (χ0n) is 18.9. The van der Waals surface area contributed by atoms with Crippen LogP contribution in [0.25, 0.3) is 11.3 Å². The van der Waals surface area contributed by atoms with Crippen LogP contribution in [0.4, 0.5) is 27.7 Å². The van der Waals surface area contributed by atoms with Crippen molar-refractivity contribution in [2.75, 3.05) is 47.8 Å². The van der Waals surface area contributed by atoms with Crippen LogP contribution >= 0.6 is 0 Å². The Morgan fingerprint density at radius 1 is 1.12 bits per heavy atom. The van der Waals surface area contributed by atoms with Gasteiger partial charge in [-0.25, -0.2) is 24.3 Å². The van der Waals surface area contributed by atoms with Crippen molar-refractivity contribution in [3.8, 4) is 17.3 Å². The minimum atomic E-state index is -0.882. The zero-order valence-corrected chi connectivity index (χ0v) is 18.9. The number of nitrogens with one attached hydrogen (secondary N) is 2. The molecule has 0 saturated carbocycles. The van der Waals surface area contributed by atoms with Crippen LogP contribution in [0.15, 0.2) is 42.9 Å². The highest BCUT2D eigenvalue weighted by Gasteiger charge is 2.25. The predicted molar refractivity (Wildman–Crippen MR) is 129 cm³/mol. The van der Waals surface area contributed by atoms with Gasteiger partial charge in [0.15, 0.2) is 0 Å². The summed E-state index contributed by atoms with van der Waals surface area (Å²) in [7, 11) is 0. The van der Waals surface area contributed by atoms with Crippen LogP contribution in [0.3, 0.4) is 0 Å². The van der Waals surface area contributed by atoms with E-state index < -0.39 is 6.17 Å². The fraction of sp³-hybridized carbons (Fsp3) is 0.375. The predicted octanol–water partition coefficient (Wildman–Crippen LogP) is 2.90. The van der Waals surface area contributed by atoms with Crippen molar-refractivity contribution in [2.24, 2.45) is 0 Å². The van der Waals surface area contributed by atoms with E-state index >= 15 is 0 Å². The van der Waals surface area contributed by atoms with Crippen LogP contribution in [0.1, 0.15) is 18.9 Å². The molecule has 2 atom stereocenters. The molecule has 0 aliphatic carbocycles. The maximum absolute atomic E-state index is 13.6. The molecule has 5 rings (SSSR count). The van der Waals surface area contributed by atoms with E-state index in [1.54, 1.807) is 30.7 Å². The lowest BCUT2D eigenvalue weighted by Crippen LogP contribution is -2.49. The van der Waals surface area contributed by atoms with Gasteiger partial charge in [-0.3, -0.25) is 0 Å². The highest BCUT2D eigenvalue weighted by Crippen LogP contribution is 2.27. The molecule has 0 spiro atoms. The third-order valence-electron chi connectivity index (χ3n) is 6.07. The van der Waals surface area contributed by atoms with Crippen LogP contribution in [0.5, 0.6) is 0 Å². The minimum Gasteiger partial charge on any atom is -0.354 e. The largest absolute Gasteiger partial charge is 0.354 e. The Hall–Kier alpha value is -3.84. The lowest BCUT2D eigenvalue weighted by molar-refractivity contribution is 0.364. The summed E-state index contributed by atoms with van der Waals surface area (Å²) in [6.07, 6.45) is 4.67. The van der Waals surface area contributed by atoms with E-state index in [9.17, 15) is 9.65 Å². The zero-order chi connectivity index (χ0) is 23.5. The van der Waals surface area contributed by atoms with Crippen molar-refractivity contribution in [1.82, 2.24) is 25.3 Å². The smallest absolute Gasteiger partial charge is 0.227 e. The second-order valence-corrected chi connectivity index (χ2v) is 8.64. The van der Waals surface area contributed by atoms with Crippen LogP contribution in [-0.2, 0) is 0 Å². The van der Waals surface area contributed by atoms with E-state index in [-0.39, 0.29) is 6.54 Å². The topological polar surface area (TPSA) is 106 Å². The van der Waals surface area contributed by atoms with Crippen LogP contribution in [-0.4, -0.2) is 64.9 Å². The van der Waals surface area contributed by atoms with Gasteiger partial charge in [-0.05, 0) is 37.6 Å². The van der Waals surface area contributed by atoms with Gasteiger partial charge >= 0.3 is 0 Å². The molecule has 2 aliphatic rings. The van der Waals surface area contributed by atoms with Gasteiger partial charge in [-0.1, -0.05) is 0 Å². The third-order valence-corrected chi connectivity index (χ3v) is 6.07. The highest BCUT2D eigenvalue weighted by atomic mass is 19.1. The molecule has 2 saturated heterocycles. The molecular weight excluding hydrogens is 433 g/mol. The number of nitrogens with zero attached hydrogens (tertiary/aromatic N) is 7. The Morgan fingerprint density at radius 3 is 2.76 bits per heavy atom. The number of rotatable bonds is 5. The van der Waals surface area contributed by atoms with Crippen molar-refractivity contribution in [3.05, 3.63) is 48.4 Å². The van der Waals surface area contributed by atoms with E-state index in [0.29, 0.717) is 47.6 Å². The van der Waals surface area contributed by atoms with Crippen LogP contribution in [0, 0.1) is 11.3 Å². The Morgan fingerprint density at radius 2 is 2.03 bits per heavy atom. The van der Waals surface area contributed by atoms with Gasteiger partial charge in [-0.15, -0.1) is 0 Å². The first-order valence-corrected chi connectivity index (χ1v) is 11.4. The molecule has 2 aliphatic heterocycles. The first-order valence-electron chi connectivity index (χ1n) is 11.4. The monoisotopic (exact) mass is 459 g/mol. The molecule has 10 heteroatoms. The standard InChI is InChI=1S/C24H26FN9/c1-16-14-33(9-7-27-16)22-3-2-20(13-29-22)31-24-28-6-4-21(32-24)18-10-17(11-26)23(30-12-18)34-8-5-19(25)15-34/h2-4,6,10,12-13,16,19,27H,5,7-9,14-15H2,1H3,(H,28,31,32)/t16-,19+/m1/s1. The second kappa shape index (κ2) is 9.57. The van der Waals surface area contributed by atoms with Gasteiger partial charge < -0.3 is 20.4 Å². The summed E-state index contributed by atoms with van der Waals surface area (Å²) >= 11 is 0. The molecule has 0 aromatic carbocycles. The number of aromatic nitrogens is 4. The second-order valence-electron chi connectivity index (χ2n) is 8.64. The fourth-order valence-electron chi connectivity index (χ4n) is 4.34. The van der Waals surface area contributed by atoms with Gasteiger partial charge in [0.05, 0.1) is 29.7 Å². The Bertz CT molecular complexity index is 1190. The fourth-order valence-corrected chi connectivity index (χ4v) is 4.34. The van der Waals surface area contributed by atoms with Crippen molar-refractivity contribution < 1.29 is 4.39 Å². The molecule has 0 unspecified atom stereocenters. The summed E-state index contributed by atoms with van der Waals surface area (Å²) < 4.78 is 13.6. The lowest BCUT2D eigenvalue weighted by Gasteiger charge is -2.32. The van der Waals surface area contributed by atoms with E-state index in [1.807, 2.05) is 17.0 Å². The summed E-state index contributed by atoms with van der Waals surface area (Å²) in [6.45, 7) is 5.79. The Labute approximate surface area is 197 Å². The molecule has 174 valence electrons. The molecule has 3 aromatic heterocycles. The van der Waals surface area contributed by atoms with Crippen molar-refractivity contribution >= 4 is 23.3 Å². The third kappa shape index (κ3) is 4.75. The van der Waals surface area contributed by atoms with Gasteiger partial charge in [0.1, 0.15) is 23.9 Å². The number of hydrogen-bond donors (Lipinski definition) is 2. The number of piperazine rings is 1. The number of hydrogen-bond acceptors (Lipinski definition) is 9. The average Bonchev–Trinajstić information content (AvgIpc) is 3.30. The summed E-state index contributed by atoms with van der Waals surface area (Å²) in [5.41, 5.74) is 2.52. The van der Waals surface area contributed by atoms with Crippen molar-refractivity contribution in [1.29, 1.82) is 5.26 Å². The van der Waals surface area contributed by atoms with Crippen molar-refractivity contribution in [2.45, 2.75) is 25.6 Å². The molecule has 34 heavy (non-hydrogen) atoms. The molecule has 5 heterocycles. The lowest BCUT2D eigenvalue weighted by atomic mass is 10.1. The van der Waals surface area contributed by atoms with Crippen molar-refractivity contribution in [3.63, 3.8) is 0 Å². The molecule has 0 bridgehead atoms. The van der Waals surface area contributed by atoms with E-state index in [2.05, 4.69) is 48.5 Å². The molecular formula is C24H26FN9. The average molecular weight is 460 g/mol. The van der Waals surface area contributed by atoms with E-state index in [0.717, 1.165) is 31.1 Å². The summed E-state index contributed by atoms with van der Waals surface area (Å²) in [5, 5.41) is 16.3. The summed E-state index contributed by atoms with van der Waals surface area (Å²) in [5.74, 6) is 1.88. The van der Waals surface area contributed by atoms with E-state index in [1.165, 1.54) is 0 Å². The number of nitriles is 1. The highest BCUT2D eigenvalue weighted by molar-refractivity contribution is 5.67. The maximum atomic E-state index is 13.6. The molecule has 2 N–H and O–H groups in total. The molecule has 0 radical (unpaired) electrons. The van der Waals surface area contributed by atoms with Crippen LogP contribution in [0.2, 0.25) is 0 Å². The van der Waals surface area contributed by atoms with Crippen LogP contribution < -0.4 is 20.4 Å². The first kappa shape index (κ1) is 22.0. The van der Waals surface area contributed by atoms with Gasteiger partial charge in [0.2, 0.25) is 5.95 Å². The normalized spacial score (nSPS) is 20.3. The number of pyridine rings is 2. The quantitative estimate of drug-likeness (QED) is 0.596. The Kier molecular flexibility index (Phi) is 6.18. The van der Waals surface area contributed by atoms with Gasteiger partial charge in [-0.2, -0.15) is 5.26 Å². The number of alkyl halides is 1.